The third-order valence-electron chi connectivity index (χ3n) is 5.86. The van der Waals surface area contributed by atoms with Gasteiger partial charge in [0.25, 0.3) is 0 Å². The summed E-state index contributed by atoms with van der Waals surface area (Å²) >= 11 is 0. The van der Waals surface area contributed by atoms with Crippen LogP contribution >= 0.6 is 0 Å². The number of nitrogens with zero attached hydrogens (tertiary/aromatic N) is 3. The van der Waals surface area contributed by atoms with Crippen LogP contribution in [0.3, 0.4) is 0 Å². The summed E-state index contributed by atoms with van der Waals surface area (Å²) in [5, 5.41) is 13.1. The maximum absolute atomic E-state index is 12.7. The SMILES string of the molecule is N=CNCCCCCN1CCCC(n2cc3c(nc2=O)Nc2ccccc2O3)CC1. The van der Waals surface area contributed by atoms with Gasteiger partial charge in [-0.3, -0.25) is 9.98 Å². The second kappa shape index (κ2) is 9.75. The highest BCUT2D eigenvalue weighted by atomic mass is 16.5. The Morgan fingerprint density at radius 3 is 3.00 bits per heavy atom. The summed E-state index contributed by atoms with van der Waals surface area (Å²) in [6, 6.07) is 7.82. The van der Waals surface area contributed by atoms with Crippen molar-refractivity contribution in [3.63, 3.8) is 0 Å². The molecule has 2 aliphatic rings. The van der Waals surface area contributed by atoms with E-state index < -0.39 is 0 Å². The maximum Gasteiger partial charge on any atom is 0.350 e. The topological polar surface area (TPSA) is 95.3 Å². The molecule has 0 saturated carbocycles. The molecule has 2 aliphatic heterocycles. The largest absolute Gasteiger partial charge is 0.450 e. The molecule has 8 heteroatoms. The van der Waals surface area contributed by atoms with E-state index in [2.05, 4.69) is 20.5 Å². The highest BCUT2D eigenvalue weighted by Crippen LogP contribution is 2.40. The van der Waals surface area contributed by atoms with Crippen molar-refractivity contribution in [2.24, 2.45) is 0 Å². The first-order valence-electron chi connectivity index (χ1n) is 10.9. The average Bonchev–Trinajstić information content (AvgIpc) is 3.00. The molecule has 2 aromatic rings. The van der Waals surface area contributed by atoms with Gasteiger partial charge in [0.2, 0.25) is 0 Å². The van der Waals surface area contributed by atoms with Gasteiger partial charge in [-0.25, -0.2) is 4.79 Å². The van der Waals surface area contributed by atoms with Crippen molar-refractivity contribution in [2.75, 3.05) is 31.5 Å². The lowest BCUT2D eigenvalue weighted by Gasteiger charge is -2.24. The average molecular weight is 411 g/mol. The van der Waals surface area contributed by atoms with E-state index >= 15 is 0 Å². The molecule has 1 aromatic carbocycles. The minimum Gasteiger partial charge on any atom is -0.450 e. The van der Waals surface area contributed by atoms with Gasteiger partial charge in [0.15, 0.2) is 17.3 Å². The molecular weight excluding hydrogens is 380 g/mol. The molecule has 0 aliphatic carbocycles. The molecule has 1 aromatic heterocycles. The third-order valence-corrected chi connectivity index (χ3v) is 5.86. The van der Waals surface area contributed by atoms with Crippen LogP contribution in [-0.4, -0.2) is 47.0 Å². The van der Waals surface area contributed by atoms with E-state index in [0.29, 0.717) is 11.6 Å². The quantitative estimate of drug-likeness (QED) is 0.299. The van der Waals surface area contributed by atoms with Crippen molar-refractivity contribution < 1.29 is 4.74 Å². The van der Waals surface area contributed by atoms with Gasteiger partial charge in [-0.15, -0.1) is 0 Å². The molecule has 8 nitrogen and oxygen atoms in total. The number of hydrogen-bond acceptors (Lipinski definition) is 6. The smallest absolute Gasteiger partial charge is 0.350 e. The standard InChI is InChI=1S/C22H30N6O2/c23-16-24-11-4-1-5-12-27-13-6-7-17(10-14-27)28-15-20-21(26-22(28)29)25-18-8-2-3-9-19(18)30-20/h2-3,8-9,15-17H,1,4-7,10-14H2,(H2,23,24)(H,25,26,29). The summed E-state index contributed by atoms with van der Waals surface area (Å²) in [5.41, 5.74) is 0.606. The lowest BCUT2D eigenvalue weighted by atomic mass is 10.1. The van der Waals surface area contributed by atoms with Crippen LogP contribution in [0.1, 0.15) is 44.6 Å². The number of ether oxygens (including phenoxy) is 1. The van der Waals surface area contributed by atoms with E-state index in [1.165, 1.54) is 19.2 Å². The van der Waals surface area contributed by atoms with E-state index in [1.54, 1.807) is 4.57 Å². The van der Waals surface area contributed by atoms with Crippen molar-refractivity contribution in [3.8, 4) is 11.5 Å². The van der Waals surface area contributed by atoms with Crippen LogP contribution in [0.4, 0.5) is 11.5 Å². The fourth-order valence-corrected chi connectivity index (χ4v) is 4.23. The molecule has 0 spiro atoms. The predicted octanol–water partition coefficient (Wildman–Crippen LogP) is 3.49. The molecule has 0 radical (unpaired) electrons. The summed E-state index contributed by atoms with van der Waals surface area (Å²) in [5.74, 6) is 1.84. The number of hydrogen-bond donors (Lipinski definition) is 3. The van der Waals surface area contributed by atoms with Crippen molar-refractivity contribution in [1.29, 1.82) is 5.41 Å². The molecule has 1 saturated heterocycles. The second-order valence-electron chi connectivity index (χ2n) is 7.95. The Kier molecular flexibility index (Phi) is 6.63. The first kappa shape index (κ1) is 20.4. The number of unbranched alkanes of at least 4 members (excludes halogenated alkanes) is 2. The van der Waals surface area contributed by atoms with Crippen LogP contribution in [0.2, 0.25) is 0 Å². The number of aromatic nitrogens is 2. The maximum atomic E-state index is 12.7. The Balaban J connectivity index is 1.36. The van der Waals surface area contributed by atoms with Crippen molar-refractivity contribution in [2.45, 2.75) is 44.6 Å². The second-order valence-corrected chi connectivity index (χ2v) is 7.95. The number of rotatable bonds is 8. The number of nitrogens with one attached hydrogen (secondary N) is 3. The zero-order valence-corrected chi connectivity index (χ0v) is 17.3. The van der Waals surface area contributed by atoms with Gasteiger partial charge >= 0.3 is 5.69 Å². The summed E-state index contributed by atoms with van der Waals surface area (Å²) in [4.78, 5) is 19.5. The van der Waals surface area contributed by atoms with Gasteiger partial charge in [0, 0.05) is 19.1 Å². The van der Waals surface area contributed by atoms with Gasteiger partial charge < -0.3 is 20.3 Å². The Morgan fingerprint density at radius 1 is 1.20 bits per heavy atom. The molecule has 3 N–H and O–H groups in total. The predicted molar refractivity (Wildman–Crippen MR) is 118 cm³/mol. The lowest BCUT2D eigenvalue weighted by Crippen LogP contribution is -2.30. The van der Waals surface area contributed by atoms with Crippen LogP contribution in [0, 0.1) is 5.41 Å². The molecule has 1 unspecified atom stereocenters. The number of para-hydroxylation sites is 2. The molecule has 1 fully saturated rings. The first-order valence-corrected chi connectivity index (χ1v) is 10.9. The first-order chi connectivity index (χ1) is 14.7. The summed E-state index contributed by atoms with van der Waals surface area (Å²) < 4.78 is 7.76. The summed E-state index contributed by atoms with van der Waals surface area (Å²) in [6.45, 7) is 4.04. The third kappa shape index (κ3) is 4.81. The molecular formula is C22H30N6O2. The van der Waals surface area contributed by atoms with Gasteiger partial charge in [0.1, 0.15) is 0 Å². The van der Waals surface area contributed by atoms with Crippen LogP contribution in [-0.2, 0) is 0 Å². The number of benzene rings is 1. The molecule has 160 valence electrons. The zero-order chi connectivity index (χ0) is 20.8. The molecule has 0 amide bonds. The minimum absolute atomic E-state index is 0.151. The van der Waals surface area contributed by atoms with Gasteiger partial charge in [-0.2, -0.15) is 4.98 Å². The highest BCUT2D eigenvalue weighted by Gasteiger charge is 2.23. The van der Waals surface area contributed by atoms with Gasteiger partial charge in [-0.1, -0.05) is 18.6 Å². The van der Waals surface area contributed by atoms with E-state index in [1.807, 2.05) is 30.5 Å². The monoisotopic (exact) mass is 410 g/mol. The van der Waals surface area contributed by atoms with E-state index in [4.69, 9.17) is 10.1 Å². The Labute approximate surface area is 176 Å². The number of fused-ring (bicyclic) bond motifs is 2. The van der Waals surface area contributed by atoms with Crippen LogP contribution in [0.25, 0.3) is 0 Å². The molecule has 4 rings (SSSR count). The fraction of sp³-hybridized carbons (Fsp3) is 0.500. The highest BCUT2D eigenvalue weighted by molar-refractivity contribution is 5.72. The Morgan fingerprint density at radius 2 is 2.10 bits per heavy atom. The van der Waals surface area contributed by atoms with Gasteiger partial charge in [0.05, 0.1) is 18.2 Å². The summed E-state index contributed by atoms with van der Waals surface area (Å²) in [6.07, 6.45) is 9.51. The zero-order valence-electron chi connectivity index (χ0n) is 17.3. The normalized spacial score (nSPS) is 18.3. The van der Waals surface area contributed by atoms with Crippen LogP contribution < -0.4 is 21.1 Å². The van der Waals surface area contributed by atoms with Crippen molar-refractivity contribution in [3.05, 3.63) is 40.9 Å². The lowest BCUT2D eigenvalue weighted by molar-refractivity contribution is 0.273. The minimum atomic E-state index is -0.221. The van der Waals surface area contributed by atoms with Crippen LogP contribution in [0.15, 0.2) is 35.3 Å². The van der Waals surface area contributed by atoms with E-state index in [9.17, 15) is 4.79 Å². The molecule has 30 heavy (non-hydrogen) atoms. The molecule has 3 heterocycles. The van der Waals surface area contributed by atoms with Crippen LogP contribution in [0.5, 0.6) is 11.5 Å². The molecule has 1 atom stereocenters. The fourth-order valence-electron chi connectivity index (χ4n) is 4.23. The van der Waals surface area contributed by atoms with E-state index in [-0.39, 0.29) is 11.7 Å². The Bertz CT molecular complexity index is 928. The van der Waals surface area contributed by atoms with Crippen molar-refractivity contribution >= 4 is 17.8 Å². The molecule has 0 bridgehead atoms. The van der Waals surface area contributed by atoms with Crippen molar-refractivity contribution in [1.82, 2.24) is 19.8 Å². The summed E-state index contributed by atoms with van der Waals surface area (Å²) in [7, 11) is 0. The van der Waals surface area contributed by atoms with E-state index in [0.717, 1.165) is 63.3 Å². The number of likely N-dealkylation sites (tertiary alicyclic amines) is 1. The van der Waals surface area contributed by atoms with Gasteiger partial charge in [-0.05, 0) is 57.3 Å². The Hall–Kier alpha value is -2.87. The number of anilines is 2.